The van der Waals surface area contributed by atoms with E-state index in [1.807, 2.05) is 6.92 Å². The minimum atomic E-state index is -1.92. The normalized spacial score (nSPS) is 11.8. The molecular weight excluding hydrogens is 207 g/mol. The van der Waals surface area contributed by atoms with Crippen molar-refractivity contribution in [1.29, 1.82) is 0 Å². The number of nitrogens with zero attached hydrogens (tertiary/aromatic N) is 2. The van der Waals surface area contributed by atoms with Gasteiger partial charge in [0, 0.05) is 6.54 Å². The fraction of sp³-hybridized carbons (Fsp3) is 0.556. The minimum Gasteiger partial charge on any atom is -0.289 e. The van der Waals surface area contributed by atoms with Crippen LogP contribution in [0.3, 0.4) is 0 Å². The summed E-state index contributed by atoms with van der Waals surface area (Å²) >= 11 is 5.75. The Labute approximate surface area is 86.9 Å². The van der Waals surface area contributed by atoms with E-state index in [2.05, 4.69) is 5.10 Å². The molecule has 0 radical (unpaired) electrons. The second kappa shape index (κ2) is 3.69. The van der Waals surface area contributed by atoms with Crippen molar-refractivity contribution in [3.63, 3.8) is 0 Å². The second-order valence-electron chi connectivity index (χ2n) is 3.46. The van der Waals surface area contributed by atoms with Gasteiger partial charge in [-0.15, -0.1) is 0 Å². The summed E-state index contributed by atoms with van der Waals surface area (Å²) in [5.74, 6) is -0.637. The third-order valence-corrected chi connectivity index (χ3v) is 2.13. The summed E-state index contributed by atoms with van der Waals surface area (Å²) in [6.07, 6.45) is 1.35. The maximum absolute atomic E-state index is 13.4. The smallest absolute Gasteiger partial charge is 0.218 e. The summed E-state index contributed by atoms with van der Waals surface area (Å²) in [6.45, 7) is 4.71. The molecule has 1 heterocycles. The van der Waals surface area contributed by atoms with Crippen molar-refractivity contribution in [1.82, 2.24) is 9.78 Å². The first kappa shape index (κ1) is 11.2. The molecule has 0 atom stereocenters. The Balaban J connectivity index is 3.18. The molecule has 1 aromatic heterocycles. The van der Waals surface area contributed by atoms with Gasteiger partial charge in [0.1, 0.15) is 5.69 Å². The van der Waals surface area contributed by atoms with Crippen LogP contribution in [0.15, 0.2) is 6.20 Å². The third kappa shape index (κ3) is 1.95. The van der Waals surface area contributed by atoms with Crippen LogP contribution in [0.2, 0.25) is 5.02 Å². The van der Waals surface area contributed by atoms with Gasteiger partial charge in [0.2, 0.25) is 5.78 Å². The molecule has 0 amide bonds. The quantitative estimate of drug-likeness (QED) is 0.731. The number of aromatic nitrogens is 2. The van der Waals surface area contributed by atoms with E-state index in [0.29, 0.717) is 6.54 Å². The van der Waals surface area contributed by atoms with Crippen molar-refractivity contribution in [2.24, 2.45) is 0 Å². The molecule has 1 rings (SSSR count). The number of hydrogen-bond donors (Lipinski definition) is 0. The molecule has 0 fully saturated rings. The fourth-order valence-corrected chi connectivity index (χ4v) is 1.34. The average molecular weight is 219 g/mol. The van der Waals surface area contributed by atoms with Crippen LogP contribution in [0.25, 0.3) is 0 Å². The van der Waals surface area contributed by atoms with Gasteiger partial charge in [0.25, 0.3) is 0 Å². The van der Waals surface area contributed by atoms with Gasteiger partial charge >= 0.3 is 0 Å². The Morgan fingerprint density at radius 1 is 1.71 bits per heavy atom. The fourth-order valence-electron chi connectivity index (χ4n) is 1.11. The van der Waals surface area contributed by atoms with Crippen molar-refractivity contribution < 1.29 is 9.18 Å². The maximum Gasteiger partial charge on any atom is 0.218 e. The standard InChI is InChI=1S/C9H12ClFN2O/c1-4-13-7(6(10)5-12-13)8(14)9(2,3)11/h5H,4H2,1-3H3. The van der Waals surface area contributed by atoms with Crippen molar-refractivity contribution in [2.75, 3.05) is 0 Å². The molecule has 0 saturated carbocycles. The van der Waals surface area contributed by atoms with E-state index < -0.39 is 11.5 Å². The van der Waals surface area contributed by atoms with Gasteiger partial charge < -0.3 is 0 Å². The zero-order valence-corrected chi connectivity index (χ0v) is 9.10. The topological polar surface area (TPSA) is 34.9 Å². The number of aryl methyl sites for hydroxylation is 1. The molecule has 3 nitrogen and oxygen atoms in total. The summed E-state index contributed by atoms with van der Waals surface area (Å²) in [7, 11) is 0. The molecule has 0 N–H and O–H groups in total. The highest BCUT2D eigenvalue weighted by molar-refractivity contribution is 6.34. The highest BCUT2D eigenvalue weighted by Gasteiger charge is 2.32. The molecule has 0 aromatic carbocycles. The largest absolute Gasteiger partial charge is 0.289 e. The molecule has 0 aliphatic heterocycles. The maximum atomic E-state index is 13.4. The molecular formula is C9H12ClFN2O. The Morgan fingerprint density at radius 3 is 2.71 bits per heavy atom. The second-order valence-corrected chi connectivity index (χ2v) is 3.87. The van der Waals surface area contributed by atoms with Crippen molar-refractivity contribution in [3.8, 4) is 0 Å². The molecule has 0 aliphatic rings. The number of alkyl halides is 1. The Bertz CT molecular complexity index is 354. The Kier molecular flexibility index (Phi) is 2.95. The van der Waals surface area contributed by atoms with Gasteiger partial charge in [0.15, 0.2) is 5.67 Å². The van der Waals surface area contributed by atoms with E-state index in [0.717, 1.165) is 0 Å². The van der Waals surface area contributed by atoms with Crippen molar-refractivity contribution in [2.45, 2.75) is 33.0 Å². The van der Waals surface area contributed by atoms with Crippen molar-refractivity contribution in [3.05, 3.63) is 16.9 Å². The van der Waals surface area contributed by atoms with Gasteiger partial charge in [-0.3, -0.25) is 9.48 Å². The van der Waals surface area contributed by atoms with Crippen LogP contribution in [-0.2, 0) is 6.54 Å². The van der Waals surface area contributed by atoms with Gasteiger partial charge in [-0.1, -0.05) is 11.6 Å². The van der Waals surface area contributed by atoms with E-state index in [4.69, 9.17) is 11.6 Å². The molecule has 0 aliphatic carbocycles. The zero-order chi connectivity index (χ0) is 10.9. The number of halogens is 2. The van der Waals surface area contributed by atoms with E-state index in [9.17, 15) is 9.18 Å². The van der Waals surface area contributed by atoms with Gasteiger partial charge in [-0.05, 0) is 20.8 Å². The number of carbonyl (C=O) groups is 1. The molecule has 0 bridgehead atoms. The lowest BCUT2D eigenvalue weighted by atomic mass is 10.0. The van der Waals surface area contributed by atoms with E-state index in [1.165, 1.54) is 24.7 Å². The lowest BCUT2D eigenvalue weighted by molar-refractivity contribution is 0.0748. The SMILES string of the molecule is CCn1ncc(Cl)c1C(=O)C(C)(C)F. The molecule has 0 spiro atoms. The first-order chi connectivity index (χ1) is 6.38. The Hall–Kier alpha value is -0.900. The molecule has 0 unspecified atom stereocenters. The van der Waals surface area contributed by atoms with Crippen LogP contribution in [0.5, 0.6) is 0 Å². The molecule has 0 saturated heterocycles. The lowest BCUT2D eigenvalue weighted by Gasteiger charge is -2.13. The van der Waals surface area contributed by atoms with Gasteiger partial charge in [-0.2, -0.15) is 5.10 Å². The average Bonchev–Trinajstić information content (AvgIpc) is 2.43. The minimum absolute atomic E-state index is 0.140. The molecule has 1 aromatic rings. The number of rotatable bonds is 3. The summed E-state index contributed by atoms with van der Waals surface area (Å²) in [5, 5.41) is 4.06. The molecule has 14 heavy (non-hydrogen) atoms. The highest BCUT2D eigenvalue weighted by Crippen LogP contribution is 2.23. The predicted octanol–water partition coefficient (Wildman–Crippen LogP) is 2.49. The van der Waals surface area contributed by atoms with Crippen LogP contribution in [0.4, 0.5) is 4.39 Å². The van der Waals surface area contributed by atoms with E-state index in [-0.39, 0.29) is 10.7 Å². The first-order valence-corrected chi connectivity index (χ1v) is 4.70. The van der Waals surface area contributed by atoms with E-state index >= 15 is 0 Å². The van der Waals surface area contributed by atoms with Crippen LogP contribution in [0, 0.1) is 0 Å². The summed E-state index contributed by atoms with van der Waals surface area (Å²) < 4.78 is 14.8. The first-order valence-electron chi connectivity index (χ1n) is 4.33. The summed E-state index contributed by atoms with van der Waals surface area (Å²) in [6, 6.07) is 0. The number of Topliss-reactive ketones (excluding diaryl/α,β-unsaturated/α-hetero) is 1. The lowest BCUT2D eigenvalue weighted by Crippen LogP contribution is -2.28. The van der Waals surface area contributed by atoms with Gasteiger partial charge in [-0.25, -0.2) is 4.39 Å². The summed E-state index contributed by atoms with van der Waals surface area (Å²) in [4.78, 5) is 11.6. The zero-order valence-electron chi connectivity index (χ0n) is 8.34. The molecule has 5 heteroatoms. The highest BCUT2D eigenvalue weighted by atomic mass is 35.5. The van der Waals surface area contributed by atoms with Crippen LogP contribution < -0.4 is 0 Å². The van der Waals surface area contributed by atoms with Crippen LogP contribution >= 0.6 is 11.6 Å². The number of hydrogen-bond acceptors (Lipinski definition) is 2. The van der Waals surface area contributed by atoms with E-state index in [1.54, 1.807) is 0 Å². The van der Waals surface area contributed by atoms with Crippen molar-refractivity contribution >= 4 is 17.4 Å². The van der Waals surface area contributed by atoms with Crippen LogP contribution in [-0.4, -0.2) is 21.2 Å². The molecule has 78 valence electrons. The number of ketones is 1. The number of carbonyl (C=O) groups excluding carboxylic acids is 1. The monoisotopic (exact) mass is 218 g/mol. The summed E-state index contributed by atoms with van der Waals surface area (Å²) in [5.41, 5.74) is -1.78. The Morgan fingerprint density at radius 2 is 2.29 bits per heavy atom. The third-order valence-electron chi connectivity index (χ3n) is 1.85. The van der Waals surface area contributed by atoms with Crippen LogP contribution in [0.1, 0.15) is 31.3 Å². The predicted molar refractivity (Wildman–Crippen MR) is 52.4 cm³/mol. The van der Waals surface area contributed by atoms with Gasteiger partial charge in [0.05, 0.1) is 11.2 Å².